The maximum absolute atomic E-state index is 10.5. The number of hydrogen-bond acceptors (Lipinski definition) is 5. The van der Waals surface area contributed by atoms with E-state index in [9.17, 15) is 4.79 Å². The molecule has 0 bridgehead atoms. The summed E-state index contributed by atoms with van der Waals surface area (Å²) in [4.78, 5) is 14.9. The lowest BCUT2D eigenvalue weighted by Gasteiger charge is -2.34. The van der Waals surface area contributed by atoms with Crippen LogP contribution in [0.2, 0.25) is 0 Å². The molecule has 0 spiro atoms. The van der Waals surface area contributed by atoms with Gasteiger partial charge >= 0.3 is 5.97 Å². The molecule has 1 saturated heterocycles. The number of carboxylic acids is 1. The summed E-state index contributed by atoms with van der Waals surface area (Å²) in [5, 5.41) is 17.5. The van der Waals surface area contributed by atoms with E-state index in [1.165, 1.54) is 0 Å². The van der Waals surface area contributed by atoms with Crippen LogP contribution in [0.15, 0.2) is 16.5 Å². The maximum Gasteiger partial charge on any atom is 0.303 e. The van der Waals surface area contributed by atoms with Gasteiger partial charge in [0.15, 0.2) is 5.88 Å². The minimum absolute atomic E-state index is 0.0945. The molecule has 1 aromatic rings. The maximum atomic E-state index is 10.5. The molecule has 0 saturated carbocycles. The van der Waals surface area contributed by atoms with Gasteiger partial charge in [-0.1, -0.05) is 0 Å². The van der Waals surface area contributed by atoms with Crippen LogP contribution in [-0.4, -0.2) is 60.4 Å². The Hall–Kier alpha value is -1.53. The Bertz CT molecular complexity index is 411. The van der Waals surface area contributed by atoms with Crippen molar-refractivity contribution in [3.63, 3.8) is 0 Å². The highest BCUT2D eigenvalue weighted by Gasteiger charge is 2.19. The van der Waals surface area contributed by atoms with Crippen molar-refractivity contribution in [2.24, 2.45) is 0 Å². The van der Waals surface area contributed by atoms with Crippen LogP contribution in [0.5, 0.6) is 0 Å². The smallest absolute Gasteiger partial charge is 0.303 e. The standard InChI is InChI=1S/C13H20N2O4/c16-10-9-14-5-7-15(8-6-14)12-3-1-11(19-12)2-4-13(17)18/h1,3,16H,2,4-10H2,(H,17,18). The molecule has 6 nitrogen and oxygen atoms in total. The molecule has 0 unspecified atom stereocenters. The van der Waals surface area contributed by atoms with E-state index in [2.05, 4.69) is 9.80 Å². The van der Waals surface area contributed by atoms with Gasteiger partial charge in [0.2, 0.25) is 0 Å². The number of aliphatic carboxylic acids is 1. The highest BCUT2D eigenvalue weighted by Crippen LogP contribution is 2.20. The molecule has 2 rings (SSSR count). The lowest BCUT2D eigenvalue weighted by atomic mass is 10.2. The van der Waals surface area contributed by atoms with Gasteiger partial charge in [-0.05, 0) is 6.07 Å². The second kappa shape index (κ2) is 6.58. The SMILES string of the molecule is O=C(O)CCc1ccc(N2CCN(CCO)CC2)o1. The quantitative estimate of drug-likeness (QED) is 0.778. The van der Waals surface area contributed by atoms with E-state index in [0.717, 1.165) is 44.4 Å². The van der Waals surface area contributed by atoms with Crippen LogP contribution in [0.3, 0.4) is 0 Å². The van der Waals surface area contributed by atoms with E-state index in [-0.39, 0.29) is 13.0 Å². The first-order chi connectivity index (χ1) is 9.19. The molecule has 0 radical (unpaired) electrons. The van der Waals surface area contributed by atoms with Crippen LogP contribution >= 0.6 is 0 Å². The molecular formula is C13H20N2O4. The summed E-state index contributed by atoms with van der Waals surface area (Å²) in [7, 11) is 0. The van der Waals surface area contributed by atoms with Crippen molar-refractivity contribution < 1.29 is 19.4 Å². The molecule has 2 N–H and O–H groups in total. The minimum atomic E-state index is -0.810. The fraction of sp³-hybridized carbons (Fsp3) is 0.615. The average Bonchev–Trinajstić information content (AvgIpc) is 2.86. The van der Waals surface area contributed by atoms with Crippen molar-refractivity contribution in [2.75, 3.05) is 44.2 Å². The Balaban J connectivity index is 1.84. The molecule has 1 aliphatic rings. The second-order valence-electron chi connectivity index (χ2n) is 4.69. The monoisotopic (exact) mass is 268 g/mol. The summed E-state index contributed by atoms with van der Waals surface area (Å²) in [5.74, 6) is 0.717. The highest BCUT2D eigenvalue weighted by molar-refractivity contribution is 5.66. The fourth-order valence-electron chi connectivity index (χ4n) is 2.23. The second-order valence-corrected chi connectivity index (χ2v) is 4.69. The zero-order valence-electron chi connectivity index (χ0n) is 10.9. The van der Waals surface area contributed by atoms with Crippen LogP contribution in [-0.2, 0) is 11.2 Å². The van der Waals surface area contributed by atoms with Gasteiger partial charge in [0.05, 0.1) is 13.0 Å². The molecular weight excluding hydrogens is 248 g/mol. The minimum Gasteiger partial charge on any atom is -0.481 e. The third-order valence-corrected chi connectivity index (χ3v) is 3.33. The molecule has 0 amide bonds. The van der Waals surface area contributed by atoms with E-state index in [1.54, 1.807) is 0 Å². The first-order valence-corrected chi connectivity index (χ1v) is 6.57. The lowest BCUT2D eigenvalue weighted by molar-refractivity contribution is -0.137. The van der Waals surface area contributed by atoms with E-state index in [1.807, 2.05) is 12.1 Å². The summed E-state index contributed by atoms with van der Waals surface area (Å²) < 4.78 is 5.66. The van der Waals surface area contributed by atoms with Crippen molar-refractivity contribution in [1.82, 2.24) is 4.90 Å². The van der Waals surface area contributed by atoms with Gasteiger partial charge < -0.3 is 19.5 Å². The fourth-order valence-corrected chi connectivity index (χ4v) is 2.23. The average molecular weight is 268 g/mol. The predicted molar refractivity (Wildman–Crippen MR) is 70.4 cm³/mol. The molecule has 0 atom stereocenters. The number of carboxylic acid groups (broad SMARTS) is 1. The van der Waals surface area contributed by atoms with Gasteiger partial charge in [-0.2, -0.15) is 0 Å². The Kier molecular flexibility index (Phi) is 4.81. The van der Waals surface area contributed by atoms with E-state index in [4.69, 9.17) is 14.6 Å². The molecule has 106 valence electrons. The van der Waals surface area contributed by atoms with Crippen molar-refractivity contribution in [3.05, 3.63) is 17.9 Å². The van der Waals surface area contributed by atoms with Crippen molar-refractivity contribution in [2.45, 2.75) is 12.8 Å². The highest BCUT2D eigenvalue weighted by atomic mass is 16.4. The normalized spacial score (nSPS) is 16.8. The summed E-state index contributed by atoms with van der Waals surface area (Å²) in [5.41, 5.74) is 0. The van der Waals surface area contributed by atoms with Crippen LogP contribution < -0.4 is 4.90 Å². The molecule has 1 aromatic heterocycles. The zero-order chi connectivity index (χ0) is 13.7. The third-order valence-electron chi connectivity index (χ3n) is 3.33. The zero-order valence-corrected chi connectivity index (χ0v) is 10.9. The number of hydrogen-bond donors (Lipinski definition) is 2. The van der Waals surface area contributed by atoms with E-state index >= 15 is 0 Å². The Labute approximate surface area is 112 Å². The van der Waals surface area contributed by atoms with Crippen LogP contribution in [0.25, 0.3) is 0 Å². The molecule has 1 aliphatic heterocycles. The molecule has 0 aromatic carbocycles. The molecule has 0 aliphatic carbocycles. The van der Waals surface area contributed by atoms with Gasteiger partial charge in [0.25, 0.3) is 0 Å². The predicted octanol–water partition coefficient (Wildman–Crippen LogP) is 0.411. The Morgan fingerprint density at radius 2 is 2.00 bits per heavy atom. The molecule has 19 heavy (non-hydrogen) atoms. The van der Waals surface area contributed by atoms with Gasteiger partial charge in [0.1, 0.15) is 5.76 Å². The Morgan fingerprint density at radius 1 is 1.26 bits per heavy atom. The summed E-state index contributed by atoms with van der Waals surface area (Å²) in [6, 6.07) is 3.75. The summed E-state index contributed by atoms with van der Waals surface area (Å²) >= 11 is 0. The van der Waals surface area contributed by atoms with Crippen LogP contribution in [0.1, 0.15) is 12.2 Å². The Morgan fingerprint density at radius 3 is 2.63 bits per heavy atom. The first kappa shape index (κ1) is 13.9. The van der Waals surface area contributed by atoms with E-state index in [0.29, 0.717) is 6.42 Å². The number of aliphatic hydroxyl groups is 1. The summed E-state index contributed by atoms with van der Waals surface area (Å²) in [6.07, 6.45) is 0.525. The number of β-amino-alcohol motifs (C(OH)–C–C–N with tert-alkyl or cyclic N) is 1. The first-order valence-electron chi connectivity index (χ1n) is 6.57. The van der Waals surface area contributed by atoms with E-state index < -0.39 is 5.97 Å². The van der Waals surface area contributed by atoms with Crippen molar-refractivity contribution >= 4 is 11.9 Å². The van der Waals surface area contributed by atoms with Crippen LogP contribution in [0, 0.1) is 0 Å². The van der Waals surface area contributed by atoms with Crippen LogP contribution in [0.4, 0.5) is 5.88 Å². The molecule has 6 heteroatoms. The van der Waals surface area contributed by atoms with Crippen molar-refractivity contribution in [3.8, 4) is 0 Å². The van der Waals surface area contributed by atoms with Gasteiger partial charge in [-0.15, -0.1) is 0 Å². The number of piperazine rings is 1. The number of aliphatic hydroxyl groups excluding tert-OH is 1. The molecule has 2 heterocycles. The largest absolute Gasteiger partial charge is 0.481 e. The van der Waals surface area contributed by atoms with Crippen molar-refractivity contribution in [1.29, 1.82) is 0 Å². The van der Waals surface area contributed by atoms with Gasteiger partial charge in [0, 0.05) is 45.2 Å². The number of furan rings is 1. The number of aryl methyl sites for hydroxylation is 1. The molecule has 1 fully saturated rings. The number of carbonyl (C=O) groups is 1. The van der Waals surface area contributed by atoms with Gasteiger partial charge in [-0.3, -0.25) is 9.69 Å². The topological polar surface area (TPSA) is 77.2 Å². The number of anilines is 1. The van der Waals surface area contributed by atoms with Gasteiger partial charge in [-0.25, -0.2) is 0 Å². The third kappa shape index (κ3) is 3.97. The summed E-state index contributed by atoms with van der Waals surface area (Å²) in [6.45, 7) is 4.46. The number of rotatable bonds is 6. The lowest BCUT2D eigenvalue weighted by Crippen LogP contribution is -2.47. The number of nitrogens with zero attached hydrogens (tertiary/aromatic N) is 2.